The smallest absolute Gasteiger partial charge is 0.317 e. The molecule has 0 aromatic rings. The highest BCUT2D eigenvalue weighted by atomic mass is 16.5. The fraction of sp³-hybridized carbons (Fsp3) is 0.714. The fourth-order valence-corrected chi connectivity index (χ4v) is 0.505. The summed E-state index contributed by atoms with van der Waals surface area (Å²) in [6, 6.07) is 0. The number of carboxylic acids is 1. The van der Waals surface area contributed by atoms with Crippen LogP contribution >= 0.6 is 0 Å². The average molecular weight is 160 g/mol. The van der Waals surface area contributed by atoms with E-state index in [0.717, 1.165) is 12.8 Å². The van der Waals surface area contributed by atoms with E-state index in [4.69, 9.17) is 5.11 Å². The SMILES string of the molecule is CCCCOC(=O)CC(=O)O. The van der Waals surface area contributed by atoms with Gasteiger partial charge in [-0.05, 0) is 6.42 Å². The van der Waals surface area contributed by atoms with Gasteiger partial charge in [0.15, 0.2) is 0 Å². The molecule has 0 aliphatic heterocycles. The van der Waals surface area contributed by atoms with Crippen LogP contribution in [-0.2, 0) is 14.3 Å². The third-order valence-corrected chi connectivity index (χ3v) is 1.06. The average Bonchev–Trinajstić information content (AvgIpc) is 1.86. The zero-order valence-corrected chi connectivity index (χ0v) is 6.50. The highest BCUT2D eigenvalue weighted by molar-refractivity contribution is 5.90. The van der Waals surface area contributed by atoms with Crippen molar-refractivity contribution in [2.45, 2.75) is 26.2 Å². The molecule has 64 valence electrons. The minimum absolute atomic E-state index is 0.322. The van der Waals surface area contributed by atoms with Crippen LogP contribution in [0.4, 0.5) is 0 Å². The van der Waals surface area contributed by atoms with Crippen molar-refractivity contribution in [1.82, 2.24) is 0 Å². The van der Waals surface area contributed by atoms with Crippen LogP contribution in [0.5, 0.6) is 0 Å². The third kappa shape index (κ3) is 6.83. The van der Waals surface area contributed by atoms with Gasteiger partial charge < -0.3 is 9.84 Å². The van der Waals surface area contributed by atoms with Crippen LogP contribution in [-0.4, -0.2) is 23.7 Å². The van der Waals surface area contributed by atoms with Crippen molar-refractivity contribution in [3.63, 3.8) is 0 Å². The van der Waals surface area contributed by atoms with E-state index in [9.17, 15) is 9.59 Å². The molecule has 4 nitrogen and oxygen atoms in total. The number of carbonyl (C=O) groups excluding carboxylic acids is 1. The number of ether oxygens (including phenoxy) is 1. The number of aliphatic carboxylic acids is 1. The number of hydrogen-bond acceptors (Lipinski definition) is 3. The molecule has 0 saturated heterocycles. The van der Waals surface area contributed by atoms with Gasteiger partial charge in [-0.1, -0.05) is 13.3 Å². The maximum absolute atomic E-state index is 10.5. The lowest BCUT2D eigenvalue weighted by Gasteiger charge is -1.99. The summed E-state index contributed by atoms with van der Waals surface area (Å²) in [7, 11) is 0. The number of carbonyl (C=O) groups is 2. The Labute approximate surface area is 65.2 Å². The molecule has 0 amide bonds. The number of esters is 1. The van der Waals surface area contributed by atoms with Crippen molar-refractivity contribution in [3.05, 3.63) is 0 Å². The van der Waals surface area contributed by atoms with E-state index in [0.29, 0.717) is 6.61 Å². The van der Waals surface area contributed by atoms with E-state index in [1.54, 1.807) is 0 Å². The highest BCUT2D eigenvalue weighted by Gasteiger charge is 2.07. The van der Waals surface area contributed by atoms with Crippen LogP contribution in [0.25, 0.3) is 0 Å². The van der Waals surface area contributed by atoms with Gasteiger partial charge in [0, 0.05) is 0 Å². The highest BCUT2D eigenvalue weighted by Crippen LogP contribution is 1.91. The largest absolute Gasteiger partial charge is 0.481 e. The van der Waals surface area contributed by atoms with Crippen molar-refractivity contribution in [2.75, 3.05) is 6.61 Å². The van der Waals surface area contributed by atoms with Crippen molar-refractivity contribution < 1.29 is 19.4 Å². The number of unbranched alkanes of at least 4 members (excludes halogenated alkanes) is 1. The Kier molecular flexibility index (Phi) is 5.15. The summed E-state index contributed by atoms with van der Waals surface area (Å²) in [6.07, 6.45) is 1.18. The first-order valence-electron chi connectivity index (χ1n) is 3.54. The summed E-state index contributed by atoms with van der Waals surface area (Å²) in [4.78, 5) is 20.5. The fourth-order valence-electron chi connectivity index (χ4n) is 0.505. The molecule has 0 aliphatic carbocycles. The second-order valence-electron chi connectivity index (χ2n) is 2.14. The molecule has 0 fully saturated rings. The summed E-state index contributed by atoms with van der Waals surface area (Å²) in [5.41, 5.74) is 0. The summed E-state index contributed by atoms with van der Waals surface area (Å²) < 4.78 is 4.57. The van der Waals surface area contributed by atoms with Crippen molar-refractivity contribution in [2.24, 2.45) is 0 Å². The lowest BCUT2D eigenvalue weighted by molar-refractivity contribution is -0.151. The Morgan fingerprint density at radius 3 is 2.55 bits per heavy atom. The lowest BCUT2D eigenvalue weighted by Crippen LogP contribution is -2.10. The molecule has 0 bridgehead atoms. The Hall–Kier alpha value is -1.06. The molecule has 0 rings (SSSR count). The summed E-state index contributed by atoms with van der Waals surface area (Å²) in [5.74, 6) is -1.81. The predicted octanol–water partition coefficient (Wildman–Crippen LogP) is 0.804. The van der Waals surface area contributed by atoms with E-state index in [1.165, 1.54) is 0 Å². The first kappa shape index (κ1) is 9.94. The van der Waals surface area contributed by atoms with Crippen molar-refractivity contribution in [1.29, 1.82) is 0 Å². The minimum atomic E-state index is -1.15. The zero-order chi connectivity index (χ0) is 8.69. The van der Waals surface area contributed by atoms with E-state index in [1.807, 2.05) is 6.92 Å². The van der Waals surface area contributed by atoms with Gasteiger partial charge in [-0.15, -0.1) is 0 Å². The molecule has 0 aliphatic rings. The third-order valence-electron chi connectivity index (χ3n) is 1.06. The van der Waals surface area contributed by atoms with E-state index < -0.39 is 18.4 Å². The van der Waals surface area contributed by atoms with Gasteiger partial charge in [-0.25, -0.2) is 0 Å². The topological polar surface area (TPSA) is 63.6 Å². The van der Waals surface area contributed by atoms with Gasteiger partial charge in [0.25, 0.3) is 0 Å². The Morgan fingerprint density at radius 2 is 2.09 bits per heavy atom. The van der Waals surface area contributed by atoms with Crippen LogP contribution in [0, 0.1) is 0 Å². The maximum Gasteiger partial charge on any atom is 0.317 e. The van der Waals surface area contributed by atoms with Crippen molar-refractivity contribution >= 4 is 11.9 Å². The van der Waals surface area contributed by atoms with E-state index in [-0.39, 0.29) is 0 Å². The minimum Gasteiger partial charge on any atom is -0.481 e. The molecular weight excluding hydrogens is 148 g/mol. The van der Waals surface area contributed by atoms with Gasteiger partial charge >= 0.3 is 11.9 Å². The molecule has 0 unspecified atom stereocenters. The maximum atomic E-state index is 10.5. The molecule has 0 saturated carbocycles. The molecular formula is C7H12O4. The summed E-state index contributed by atoms with van der Waals surface area (Å²) >= 11 is 0. The van der Waals surface area contributed by atoms with Gasteiger partial charge in [0.05, 0.1) is 6.61 Å². The number of hydrogen-bond donors (Lipinski definition) is 1. The van der Waals surface area contributed by atoms with E-state index >= 15 is 0 Å². The molecule has 11 heavy (non-hydrogen) atoms. The number of carboxylic acid groups (broad SMARTS) is 1. The van der Waals surface area contributed by atoms with Crippen LogP contribution in [0.15, 0.2) is 0 Å². The predicted molar refractivity (Wildman–Crippen MR) is 38.1 cm³/mol. The quantitative estimate of drug-likeness (QED) is 0.367. The molecule has 0 radical (unpaired) electrons. The molecule has 0 aromatic heterocycles. The molecule has 0 aromatic carbocycles. The number of rotatable bonds is 5. The van der Waals surface area contributed by atoms with Crippen LogP contribution in [0.1, 0.15) is 26.2 Å². The normalized spacial score (nSPS) is 9.18. The van der Waals surface area contributed by atoms with Crippen LogP contribution in [0.3, 0.4) is 0 Å². The van der Waals surface area contributed by atoms with Crippen LogP contribution in [0.2, 0.25) is 0 Å². The second kappa shape index (κ2) is 5.70. The Morgan fingerprint density at radius 1 is 1.45 bits per heavy atom. The van der Waals surface area contributed by atoms with Gasteiger partial charge in [-0.2, -0.15) is 0 Å². The van der Waals surface area contributed by atoms with Crippen molar-refractivity contribution in [3.8, 4) is 0 Å². The zero-order valence-electron chi connectivity index (χ0n) is 6.50. The molecule has 4 heteroatoms. The van der Waals surface area contributed by atoms with Gasteiger partial charge in [-0.3, -0.25) is 9.59 Å². The first-order valence-corrected chi connectivity index (χ1v) is 3.54. The summed E-state index contributed by atoms with van der Waals surface area (Å²) in [5, 5.41) is 8.14. The molecule has 0 atom stereocenters. The molecule has 0 heterocycles. The Balaban J connectivity index is 3.30. The molecule has 1 N–H and O–H groups in total. The standard InChI is InChI=1S/C7H12O4/c1-2-3-4-11-7(10)5-6(8)9/h2-5H2,1H3,(H,8,9). The first-order chi connectivity index (χ1) is 5.16. The van der Waals surface area contributed by atoms with E-state index in [2.05, 4.69) is 4.74 Å². The Bertz CT molecular complexity index is 141. The molecule has 0 spiro atoms. The van der Waals surface area contributed by atoms with Gasteiger partial charge in [0.2, 0.25) is 0 Å². The monoisotopic (exact) mass is 160 g/mol. The summed E-state index contributed by atoms with van der Waals surface area (Å²) in [6.45, 7) is 2.29. The van der Waals surface area contributed by atoms with Gasteiger partial charge in [0.1, 0.15) is 6.42 Å². The van der Waals surface area contributed by atoms with Crippen LogP contribution < -0.4 is 0 Å². The second-order valence-corrected chi connectivity index (χ2v) is 2.14. The lowest BCUT2D eigenvalue weighted by atomic mass is 10.3.